The topological polar surface area (TPSA) is 94.7 Å². The highest BCUT2D eigenvalue weighted by Crippen LogP contribution is 2.21. The largest absolute Gasteiger partial charge is 0.478 e. The van der Waals surface area contributed by atoms with Crippen molar-refractivity contribution >= 4 is 23.1 Å². The van der Waals surface area contributed by atoms with Gasteiger partial charge in [-0.15, -0.1) is 0 Å². The predicted octanol–water partition coefficient (Wildman–Crippen LogP) is 2.05. The van der Waals surface area contributed by atoms with Crippen molar-refractivity contribution in [3.05, 3.63) is 42.6 Å². The monoisotopic (exact) mass is 254 g/mol. The molecule has 6 heteroatoms. The zero-order valence-corrected chi connectivity index (χ0v) is 9.79. The SMILES string of the molecule is O=C(O)/C=C/c1ncc(-c2ccc3nc[nH]c3c2)[nH]1. The minimum Gasteiger partial charge on any atom is -0.478 e. The van der Waals surface area contributed by atoms with Crippen molar-refractivity contribution < 1.29 is 9.90 Å². The van der Waals surface area contributed by atoms with Crippen LogP contribution in [0.5, 0.6) is 0 Å². The van der Waals surface area contributed by atoms with Gasteiger partial charge in [-0.2, -0.15) is 0 Å². The second-order valence-electron chi connectivity index (χ2n) is 3.99. The summed E-state index contributed by atoms with van der Waals surface area (Å²) in [7, 11) is 0. The third-order valence-electron chi connectivity index (χ3n) is 2.71. The Bertz CT molecular complexity index is 770. The smallest absolute Gasteiger partial charge is 0.328 e. The van der Waals surface area contributed by atoms with E-state index in [-0.39, 0.29) is 0 Å². The fourth-order valence-corrected chi connectivity index (χ4v) is 1.82. The Kier molecular flexibility index (Phi) is 2.60. The van der Waals surface area contributed by atoms with Crippen LogP contribution in [-0.2, 0) is 4.79 Å². The number of aliphatic carboxylic acids is 1. The maximum atomic E-state index is 10.4. The maximum Gasteiger partial charge on any atom is 0.328 e. The third-order valence-corrected chi connectivity index (χ3v) is 2.71. The number of nitrogens with one attached hydrogen (secondary N) is 2. The standard InChI is InChI=1S/C13H10N4O2/c18-13(19)4-3-12-14-6-11(17-12)8-1-2-9-10(5-8)16-7-15-9/h1-7H,(H,14,17)(H,15,16)(H,18,19)/b4-3+. The molecular weight excluding hydrogens is 244 g/mol. The van der Waals surface area contributed by atoms with Gasteiger partial charge in [0.25, 0.3) is 0 Å². The van der Waals surface area contributed by atoms with E-state index in [0.29, 0.717) is 5.82 Å². The summed E-state index contributed by atoms with van der Waals surface area (Å²) in [5, 5.41) is 8.55. The summed E-state index contributed by atoms with van der Waals surface area (Å²) in [4.78, 5) is 24.8. The molecule has 0 atom stereocenters. The molecule has 2 aromatic heterocycles. The summed E-state index contributed by atoms with van der Waals surface area (Å²) < 4.78 is 0. The van der Waals surface area contributed by atoms with Crippen LogP contribution in [0.2, 0.25) is 0 Å². The number of carbonyl (C=O) groups is 1. The van der Waals surface area contributed by atoms with Gasteiger partial charge in [0, 0.05) is 11.6 Å². The maximum absolute atomic E-state index is 10.4. The number of fused-ring (bicyclic) bond motifs is 1. The molecule has 94 valence electrons. The van der Waals surface area contributed by atoms with Crippen molar-refractivity contribution in [3.8, 4) is 11.3 Å². The van der Waals surface area contributed by atoms with Crippen LogP contribution < -0.4 is 0 Å². The van der Waals surface area contributed by atoms with E-state index in [4.69, 9.17) is 5.11 Å². The number of aromatic nitrogens is 4. The van der Waals surface area contributed by atoms with Crippen LogP contribution in [0.25, 0.3) is 28.4 Å². The first-order valence-corrected chi connectivity index (χ1v) is 5.62. The van der Waals surface area contributed by atoms with Crippen LogP contribution in [-0.4, -0.2) is 31.0 Å². The highest BCUT2D eigenvalue weighted by atomic mass is 16.4. The number of benzene rings is 1. The first-order chi connectivity index (χ1) is 9.22. The van der Waals surface area contributed by atoms with E-state index in [9.17, 15) is 4.79 Å². The number of imidazole rings is 2. The number of hydrogen-bond donors (Lipinski definition) is 3. The molecule has 0 saturated heterocycles. The van der Waals surface area contributed by atoms with Crippen molar-refractivity contribution in [2.24, 2.45) is 0 Å². The number of rotatable bonds is 3. The molecule has 3 aromatic rings. The van der Waals surface area contributed by atoms with Gasteiger partial charge in [-0.3, -0.25) is 0 Å². The predicted molar refractivity (Wildman–Crippen MR) is 70.3 cm³/mol. The molecule has 6 nitrogen and oxygen atoms in total. The highest BCUT2D eigenvalue weighted by molar-refractivity contribution is 5.85. The van der Waals surface area contributed by atoms with Gasteiger partial charge < -0.3 is 15.1 Å². The van der Waals surface area contributed by atoms with Crippen LogP contribution in [0.3, 0.4) is 0 Å². The van der Waals surface area contributed by atoms with E-state index >= 15 is 0 Å². The van der Waals surface area contributed by atoms with Crippen molar-refractivity contribution in [2.75, 3.05) is 0 Å². The summed E-state index contributed by atoms with van der Waals surface area (Å²) in [5.74, 6) is -0.501. The molecule has 0 fully saturated rings. The summed E-state index contributed by atoms with van der Waals surface area (Å²) in [6, 6.07) is 5.80. The van der Waals surface area contributed by atoms with Crippen LogP contribution >= 0.6 is 0 Å². The Labute approximate surface area is 107 Å². The van der Waals surface area contributed by atoms with Crippen LogP contribution in [0.4, 0.5) is 0 Å². The van der Waals surface area contributed by atoms with Crippen molar-refractivity contribution in [3.63, 3.8) is 0 Å². The second kappa shape index (κ2) is 4.41. The molecule has 0 bridgehead atoms. The summed E-state index contributed by atoms with van der Waals surface area (Å²) in [6.45, 7) is 0. The minimum absolute atomic E-state index is 0.502. The Morgan fingerprint density at radius 3 is 3.05 bits per heavy atom. The zero-order valence-electron chi connectivity index (χ0n) is 9.79. The fourth-order valence-electron chi connectivity index (χ4n) is 1.82. The second-order valence-corrected chi connectivity index (χ2v) is 3.99. The quantitative estimate of drug-likeness (QED) is 0.623. The average molecular weight is 254 g/mol. The molecule has 0 aliphatic carbocycles. The number of nitrogens with zero attached hydrogens (tertiary/aromatic N) is 2. The number of aromatic amines is 2. The van der Waals surface area contributed by atoms with E-state index in [1.54, 1.807) is 12.5 Å². The van der Waals surface area contributed by atoms with E-state index in [1.165, 1.54) is 6.08 Å². The Hall–Kier alpha value is -2.89. The molecule has 3 N–H and O–H groups in total. The molecule has 0 saturated carbocycles. The molecule has 3 rings (SSSR count). The number of H-pyrrole nitrogens is 2. The Morgan fingerprint density at radius 1 is 1.32 bits per heavy atom. The summed E-state index contributed by atoms with van der Waals surface area (Å²) in [5.41, 5.74) is 3.62. The van der Waals surface area contributed by atoms with E-state index in [1.807, 2.05) is 18.2 Å². The van der Waals surface area contributed by atoms with Crippen LogP contribution in [0, 0.1) is 0 Å². The van der Waals surface area contributed by atoms with Gasteiger partial charge in [-0.05, 0) is 18.2 Å². The van der Waals surface area contributed by atoms with Crippen molar-refractivity contribution in [1.82, 2.24) is 19.9 Å². The molecule has 0 aliphatic rings. The first-order valence-electron chi connectivity index (χ1n) is 5.62. The molecule has 0 amide bonds. The van der Waals surface area contributed by atoms with Crippen LogP contribution in [0.15, 0.2) is 36.8 Å². The highest BCUT2D eigenvalue weighted by Gasteiger charge is 2.04. The number of carboxylic acid groups (broad SMARTS) is 1. The number of carboxylic acids is 1. The summed E-state index contributed by atoms with van der Waals surface area (Å²) >= 11 is 0. The normalized spacial score (nSPS) is 11.4. The molecule has 0 unspecified atom stereocenters. The lowest BCUT2D eigenvalue weighted by Crippen LogP contribution is -1.86. The van der Waals surface area contributed by atoms with Gasteiger partial charge in [0.15, 0.2) is 0 Å². The lowest BCUT2D eigenvalue weighted by Gasteiger charge is -1.96. The van der Waals surface area contributed by atoms with E-state index in [2.05, 4.69) is 19.9 Å². The fraction of sp³-hybridized carbons (Fsp3) is 0. The van der Waals surface area contributed by atoms with Gasteiger partial charge in [0.2, 0.25) is 0 Å². The first kappa shape index (κ1) is 11.2. The molecule has 0 radical (unpaired) electrons. The Balaban J connectivity index is 1.95. The lowest BCUT2D eigenvalue weighted by molar-refractivity contribution is -0.131. The van der Waals surface area contributed by atoms with Crippen molar-refractivity contribution in [2.45, 2.75) is 0 Å². The van der Waals surface area contributed by atoms with E-state index in [0.717, 1.165) is 28.4 Å². The lowest BCUT2D eigenvalue weighted by atomic mass is 10.1. The Morgan fingerprint density at radius 2 is 2.21 bits per heavy atom. The van der Waals surface area contributed by atoms with Gasteiger partial charge in [0.05, 0.1) is 29.3 Å². The van der Waals surface area contributed by atoms with Crippen molar-refractivity contribution in [1.29, 1.82) is 0 Å². The van der Waals surface area contributed by atoms with Gasteiger partial charge in [0.1, 0.15) is 5.82 Å². The molecule has 0 spiro atoms. The number of hydrogen-bond acceptors (Lipinski definition) is 3. The summed E-state index contributed by atoms with van der Waals surface area (Å²) in [6.07, 6.45) is 5.77. The average Bonchev–Trinajstić information content (AvgIpc) is 3.04. The third kappa shape index (κ3) is 2.23. The molecule has 19 heavy (non-hydrogen) atoms. The zero-order chi connectivity index (χ0) is 13.2. The molecule has 2 heterocycles. The van der Waals surface area contributed by atoms with Gasteiger partial charge >= 0.3 is 5.97 Å². The molecule has 1 aromatic carbocycles. The minimum atomic E-state index is -1.00. The van der Waals surface area contributed by atoms with Crippen LogP contribution in [0.1, 0.15) is 5.82 Å². The van der Waals surface area contributed by atoms with E-state index < -0.39 is 5.97 Å². The molecular formula is C13H10N4O2. The van der Waals surface area contributed by atoms with Gasteiger partial charge in [-0.25, -0.2) is 14.8 Å². The van der Waals surface area contributed by atoms with Gasteiger partial charge in [-0.1, -0.05) is 6.07 Å². The molecule has 0 aliphatic heterocycles.